The van der Waals surface area contributed by atoms with Crippen molar-refractivity contribution in [1.29, 1.82) is 0 Å². The van der Waals surface area contributed by atoms with Crippen molar-refractivity contribution in [2.75, 3.05) is 0 Å². The van der Waals surface area contributed by atoms with E-state index in [4.69, 9.17) is 34.8 Å². The van der Waals surface area contributed by atoms with Crippen LogP contribution in [0.2, 0.25) is 15.1 Å². The standard InChI is InChI=1S/C12H7Cl3S/c13-8-6-10(14)12(15)11(7-8)16-9-4-2-1-3-5-9/h1-7H. The van der Waals surface area contributed by atoms with Gasteiger partial charge in [0.2, 0.25) is 0 Å². The predicted molar refractivity (Wildman–Crippen MR) is 72.0 cm³/mol. The van der Waals surface area contributed by atoms with E-state index in [1.165, 1.54) is 0 Å². The Morgan fingerprint density at radius 2 is 1.56 bits per heavy atom. The van der Waals surface area contributed by atoms with E-state index < -0.39 is 0 Å². The lowest BCUT2D eigenvalue weighted by Crippen LogP contribution is -1.78. The van der Waals surface area contributed by atoms with Crippen LogP contribution in [0, 0.1) is 0 Å². The second-order valence-corrected chi connectivity index (χ2v) is 5.45. The molecule has 0 N–H and O–H groups in total. The highest BCUT2D eigenvalue weighted by molar-refractivity contribution is 7.99. The maximum atomic E-state index is 6.10. The minimum Gasteiger partial charge on any atom is -0.0884 e. The highest BCUT2D eigenvalue weighted by atomic mass is 35.5. The van der Waals surface area contributed by atoms with E-state index in [-0.39, 0.29) is 0 Å². The second kappa shape index (κ2) is 5.33. The lowest BCUT2D eigenvalue weighted by atomic mass is 10.3. The lowest BCUT2D eigenvalue weighted by Gasteiger charge is -2.06. The number of hydrogen-bond donors (Lipinski definition) is 0. The molecule has 82 valence electrons. The van der Waals surface area contributed by atoms with Gasteiger partial charge in [-0.25, -0.2) is 0 Å². The Hall–Kier alpha value is -0.340. The third-order valence-electron chi connectivity index (χ3n) is 1.93. The molecule has 0 fully saturated rings. The third-order valence-corrected chi connectivity index (χ3v) is 4.11. The second-order valence-electron chi connectivity index (χ2n) is 3.11. The van der Waals surface area contributed by atoms with E-state index in [0.717, 1.165) is 9.79 Å². The van der Waals surface area contributed by atoms with Crippen molar-refractivity contribution in [2.45, 2.75) is 9.79 Å². The zero-order valence-electron chi connectivity index (χ0n) is 8.08. The normalized spacial score (nSPS) is 10.4. The molecule has 2 rings (SSSR count). The van der Waals surface area contributed by atoms with Crippen LogP contribution in [0.25, 0.3) is 0 Å². The van der Waals surface area contributed by atoms with E-state index >= 15 is 0 Å². The first-order valence-corrected chi connectivity index (χ1v) is 6.49. The van der Waals surface area contributed by atoms with Gasteiger partial charge in [-0.15, -0.1) is 0 Å². The molecule has 0 aliphatic carbocycles. The molecule has 0 nitrogen and oxygen atoms in total. The Kier molecular flexibility index (Phi) is 4.04. The molecule has 0 aromatic heterocycles. The molecular formula is C12H7Cl3S. The number of benzene rings is 2. The highest BCUT2D eigenvalue weighted by Crippen LogP contribution is 2.39. The molecule has 2 aromatic carbocycles. The smallest absolute Gasteiger partial charge is 0.0732 e. The molecule has 4 heteroatoms. The fourth-order valence-electron chi connectivity index (χ4n) is 1.22. The first-order chi connectivity index (χ1) is 7.66. The van der Waals surface area contributed by atoms with Gasteiger partial charge in [0.15, 0.2) is 0 Å². The van der Waals surface area contributed by atoms with Gasteiger partial charge in [-0.1, -0.05) is 64.8 Å². The summed E-state index contributed by atoms with van der Waals surface area (Å²) in [6, 6.07) is 13.4. The minimum absolute atomic E-state index is 0.479. The summed E-state index contributed by atoms with van der Waals surface area (Å²) in [5.41, 5.74) is 0. The monoisotopic (exact) mass is 288 g/mol. The van der Waals surface area contributed by atoms with Crippen LogP contribution in [-0.2, 0) is 0 Å². The van der Waals surface area contributed by atoms with Crippen LogP contribution in [-0.4, -0.2) is 0 Å². The van der Waals surface area contributed by atoms with Crippen molar-refractivity contribution >= 4 is 46.6 Å². The van der Waals surface area contributed by atoms with Crippen molar-refractivity contribution in [3.05, 3.63) is 57.5 Å². The lowest BCUT2D eigenvalue weighted by molar-refractivity contribution is 1.41. The predicted octanol–water partition coefficient (Wildman–Crippen LogP) is 5.80. The van der Waals surface area contributed by atoms with Gasteiger partial charge in [-0.3, -0.25) is 0 Å². The maximum absolute atomic E-state index is 6.10. The quantitative estimate of drug-likeness (QED) is 0.630. The fraction of sp³-hybridized carbons (Fsp3) is 0. The average molecular weight is 290 g/mol. The molecule has 0 unspecified atom stereocenters. The van der Waals surface area contributed by atoms with Gasteiger partial charge in [-0.2, -0.15) is 0 Å². The molecular weight excluding hydrogens is 283 g/mol. The van der Waals surface area contributed by atoms with E-state index in [1.54, 1.807) is 17.8 Å². The van der Waals surface area contributed by atoms with Crippen LogP contribution in [0.1, 0.15) is 0 Å². The third kappa shape index (κ3) is 2.86. The molecule has 0 heterocycles. The van der Waals surface area contributed by atoms with E-state index in [0.29, 0.717) is 15.1 Å². The zero-order chi connectivity index (χ0) is 11.5. The molecule has 0 atom stereocenters. The first kappa shape index (κ1) is 12.1. The van der Waals surface area contributed by atoms with Gasteiger partial charge in [0.1, 0.15) is 0 Å². The van der Waals surface area contributed by atoms with Crippen LogP contribution in [0.15, 0.2) is 52.3 Å². The summed E-state index contributed by atoms with van der Waals surface area (Å²) >= 11 is 19.5. The molecule has 0 radical (unpaired) electrons. The van der Waals surface area contributed by atoms with Crippen molar-refractivity contribution < 1.29 is 0 Å². The zero-order valence-corrected chi connectivity index (χ0v) is 11.2. The van der Waals surface area contributed by atoms with Crippen LogP contribution in [0.5, 0.6) is 0 Å². The molecule has 0 aliphatic rings. The number of halogens is 3. The molecule has 2 aromatic rings. The number of rotatable bonds is 2. The summed E-state index contributed by atoms with van der Waals surface area (Å²) in [6.45, 7) is 0. The fourth-order valence-corrected chi connectivity index (χ4v) is 2.99. The molecule has 0 spiro atoms. The minimum atomic E-state index is 0.479. The van der Waals surface area contributed by atoms with Crippen LogP contribution in [0.4, 0.5) is 0 Å². The van der Waals surface area contributed by atoms with Crippen molar-refractivity contribution in [1.82, 2.24) is 0 Å². The summed E-state index contributed by atoms with van der Waals surface area (Å²) in [5, 5.41) is 1.61. The maximum Gasteiger partial charge on any atom is 0.0732 e. The van der Waals surface area contributed by atoms with Crippen molar-refractivity contribution in [3.63, 3.8) is 0 Å². The van der Waals surface area contributed by atoms with Gasteiger partial charge in [0, 0.05) is 14.8 Å². The van der Waals surface area contributed by atoms with Gasteiger partial charge in [0.05, 0.1) is 10.0 Å². The Labute approximate surface area is 114 Å². The van der Waals surface area contributed by atoms with Crippen LogP contribution >= 0.6 is 46.6 Å². The van der Waals surface area contributed by atoms with Gasteiger partial charge >= 0.3 is 0 Å². The van der Waals surface area contributed by atoms with Crippen LogP contribution < -0.4 is 0 Å². The summed E-state index contributed by atoms with van der Waals surface area (Å²) < 4.78 is 0. The topological polar surface area (TPSA) is 0 Å². The van der Waals surface area contributed by atoms with E-state index in [9.17, 15) is 0 Å². The summed E-state index contributed by atoms with van der Waals surface area (Å²) in [7, 11) is 0. The van der Waals surface area contributed by atoms with E-state index in [2.05, 4.69) is 0 Å². The Balaban J connectivity index is 2.35. The molecule has 0 bridgehead atoms. The van der Waals surface area contributed by atoms with Gasteiger partial charge in [0.25, 0.3) is 0 Å². The first-order valence-electron chi connectivity index (χ1n) is 4.54. The average Bonchev–Trinajstić information content (AvgIpc) is 2.27. The Morgan fingerprint density at radius 3 is 2.25 bits per heavy atom. The number of hydrogen-bond acceptors (Lipinski definition) is 1. The van der Waals surface area contributed by atoms with Crippen molar-refractivity contribution in [2.24, 2.45) is 0 Å². The molecule has 16 heavy (non-hydrogen) atoms. The molecule has 0 saturated carbocycles. The Bertz CT molecular complexity index is 497. The van der Waals surface area contributed by atoms with Gasteiger partial charge < -0.3 is 0 Å². The summed E-state index contributed by atoms with van der Waals surface area (Å²) in [6.07, 6.45) is 0. The van der Waals surface area contributed by atoms with Crippen LogP contribution in [0.3, 0.4) is 0 Å². The highest BCUT2D eigenvalue weighted by Gasteiger charge is 2.08. The molecule has 0 amide bonds. The summed E-state index contributed by atoms with van der Waals surface area (Å²) in [4.78, 5) is 1.97. The SMILES string of the molecule is Clc1cc(Cl)c(Cl)c(Sc2ccccc2)c1. The van der Waals surface area contributed by atoms with E-state index in [1.807, 2.05) is 36.4 Å². The van der Waals surface area contributed by atoms with Crippen molar-refractivity contribution in [3.8, 4) is 0 Å². The van der Waals surface area contributed by atoms with Gasteiger partial charge in [-0.05, 0) is 24.3 Å². The summed E-state index contributed by atoms with van der Waals surface area (Å²) in [5.74, 6) is 0. The largest absolute Gasteiger partial charge is 0.0884 e. The molecule has 0 saturated heterocycles. The molecule has 0 aliphatic heterocycles. The Morgan fingerprint density at radius 1 is 0.875 bits per heavy atom.